The van der Waals surface area contributed by atoms with E-state index in [0.29, 0.717) is 13.1 Å². The van der Waals surface area contributed by atoms with Gasteiger partial charge in [0, 0.05) is 35.3 Å². The minimum Gasteiger partial charge on any atom is -0.394 e. The normalized spacial score (nSPS) is 11.2. The van der Waals surface area contributed by atoms with Gasteiger partial charge in [0.15, 0.2) is 0 Å². The maximum absolute atomic E-state index is 9.38. The standard InChI is InChI=1S/C21H22N4O/c1-15-5-2-3-7-17(15)20-13-21(25(24-20)11-12-26)23-14-16-6-4-8-19-18(16)9-10-22-19/h2-10,13,22-23,26H,11-12,14H2,1H3. The Kier molecular flexibility index (Phi) is 4.46. The lowest BCUT2D eigenvalue weighted by molar-refractivity contribution is 0.270. The topological polar surface area (TPSA) is 65.9 Å². The average Bonchev–Trinajstić information content (AvgIpc) is 3.28. The van der Waals surface area contributed by atoms with Crippen LogP contribution in [-0.2, 0) is 13.1 Å². The van der Waals surface area contributed by atoms with Gasteiger partial charge in [0.05, 0.1) is 18.8 Å². The van der Waals surface area contributed by atoms with E-state index >= 15 is 0 Å². The van der Waals surface area contributed by atoms with Crippen molar-refractivity contribution in [2.24, 2.45) is 0 Å². The number of nitrogens with one attached hydrogen (secondary N) is 2. The van der Waals surface area contributed by atoms with Gasteiger partial charge in [0.25, 0.3) is 0 Å². The Morgan fingerprint density at radius 2 is 2.00 bits per heavy atom. The number of benzene rings is 2. The summed E-state index contributed by atoms with van der Waals surface area (Å²) in [5.41, 5.74) is 5.57. The van der Waals surface area contributed by atoms with Crippen molar-refractivity contribution in [2.45, 2.75) is 20.0 Å². The number of hydrogen-bond donors (Lipinski definition) is 3. The number of fused-ring (bicyclic) bond motifs is 1. The molecule has 0 radical (unpaired) electrons. The van der Waals surface area contributed by atoms with Crippen LogP contribution in [0.4, 0.5) is 5.82 Å². The molecule has 0 atom stereocenters. The lowest BCUT2D eigenvalue weighted by Crippen LogP contribution is -2.10. The molecule has 5 heteroatoms. The van der Waals surface area contributed by atoms with E-state index in [4.69, 9.17) is 0 Å². The molecule has 0 saturated heterocycles. The molecule has 0 fully saturated rings. The number of anilines is 1. The summed E-state index contributed by atoms with van der Waals surface area (Å²) >= 11 is 0. The van der Waals surface area contributed by atoms with Gasteiger partial charge < -0.3 is 15.4 Å². The third-order valence-electron chi connectivity index (χ3n) is 4.66. The zero-order valence-electron chi connectivity index (χ0n) is 14.7. The first-order chi connectivity index (χ1) is 12.8. The SMILES string of the molecule is Cc1ccccc1-c1cc(NCc2cccc3[nH]ccc23)n(CCO)n1. The molecule has 2 heterocycles. The molecule has 0 unspecified atom stereocenters. The number of rotatable bonds is 6. The molecule has 4 rings (SSSR count). The molecule has 3 N–H and O–H groups in total. The van der Waals surface area contributed by atoms with E-state index in [1.165, 1.54) is 16.5 Å². The van der Waals surface area contributed by atoms with Crippen molar-refractivity contribution in [3.05, 3.63) is 71.9 Å². The van der Waals surface area contributed by atoms with Gasteiger partial charge in [-0.05, 0) is 30.2 Å². The first-order valence-electron chi connectivity index (χ1n) is 8.80. The van der Waals surface area contributed by atoms with Crippen LogP contribution < -0.4 is 5.32 Å². The van der Waals surface area contributed by atoms with E-state index in [-0.39, 0.29) is 6.61 Å². The molecule has 0 spiro atoms. The maximum atomic E-state index is 9.38. The van der Waals surface area contributed by atoms with Crippen molar-refractivity contribution in [3.63, 3.8) is 0 Å². The number of nitrogens with zero attached hydrogens (tertiary/aromatic N) is 2. The molecule has 4 aromatic rings. The van der Waals surface area contributed by atoms with Gasteiger partial charge in [-0.2, -0.15) is 5.10 Å². The zero-order valence-corrected chi connectivity index (χ0v) is 14.7. The lowest BCUT2D eigenvalue weighted by atomic mass is 10.1. The summed E-state index contributed by atoms with van der Waals surface area (Å²) in [6, 6.07) is 18.6. The van der Waals surface area contributed by atoms with Gasteiger partial charge in [0.1, 0.15) is 5.82 Å². The Bertz CT molecular complexity index is 1030. The van der Waals surface area contributed by atoms with Crippen molar-refractivity contribution in [2.75, 3.05) is 11.9 Å². The van der Waals surface area contributed by atoms with Crippen LogP contribution in [-0.4, -0.2) is 26.5 Å². The molecule has 5 nitrogen and oxygen atoms in total. The van der Waals surface area contributed by atoms with E-state index in [0.717, 1.165) is 22.6 Å². The summed E-state index contributed by atoms with van der Waals surface area (Å²) in [6.45, 7) is 3.29. The van der Waals surface area contributed by atoms with Crippen molar-refractivity contribution in [1.29, 1.82) is 0 Å². The quantitative estimate of drug-likeness (QED) is 0.495. The van der Waals surface area contributed by atoms with E-state index < -0.39 is 0 Å². The smallest absolute Gasteiger partial charge is 0.125 e. The van der Waals surface area contributed by atoms with Crippen LogP contribution in [0.5, 0.6) is 0 Å². The predicted octanol–water partition coefficient (Wildman–Crippen LogP) is 3.94. The number of aliphatic hydroxyl groups is 1. The highest BCUT2D eigenvalue weighted by molar-refractivity contribution is 5.83. The van der Waals surface area contributed by atoms with Gasteiger partial charge in [0.2, 0.25) is 0 Å². The minimum absolute atomic E-state index is 0.0525. The molecule has 0 amide bonds. The van der Waals surface area contributed by atoms with E-state index in [1.807, 2.05) is 23.0 Å². The van der Waals surface area contributed by atoms with E-state index in [2.05, 4.69) is 64.8 Å². The Labute approximate surface area is 152 Å². The van der Waals surface area contributed by atoms with Crippen molar-refractivity contribution < 1.29 is 5.11 Å². The number of aromatic nitrogens is 3. The number of H-pyrrole nitrogens is 1. The third-order valence-corrected chi connectivity index (χ3v) is 4.66. The first kappa shape index (κ1) is 16.4. The maximum Gasteiger partial charge on any atom is 0.125 e. The fraction of sp³-hybridized carbons (Fsp3) is 0.190. The third kappa shape index (κ3) is 3.09. The van der Waals surface area contributed by atoms with Crippen LogP contribution in [0.3, 0.4) is 0 Å². The second kappa shape index (κ2) is 7.06. The molecule has 2 aromatic carbocycles. The Morgan fingerprint density at radius 1 is 1.12 bits per heavy atom. The van der Waals surface area contributed by atoms with Crippen LogP contribution in [0.2, 0.25) is 0 Å². The molecule has 0 aliphatic heterocycles. The highest BCUT2D eigenvalue weighted by Crippen LogP contribution is 2.26. The van der Waals surface area contributed by atoms with E-state index in [1.54, 1.807) is 0 Å². The van der Waals surface area contributed by atoms with E-state index in [9.17, 15) is 5.11 Å². The second-order valence-corrected chi connectivity index (χ2v) is 6.39. The van der Waals surface area contributed by atoms with Gasteiger partial charge in [-0.25, -0.2) is 4.68 Å². The molecule has 0 aliphatic carbocycles. The number of aromatic amines is 1. The Morgan fingerprint density at radius 3 is 2.85 bits per heavy atom. The fourth-order valence-electron chi connectivity index (χ4n) is 3.31. The van der Waals surface area contributed by atoms with Gasteiger partial charge in [-0.3, -0.25) is 0 Å². The summed E-state index contributed by atoms with van der Waals surface area (Å²) in [6.07, 6.45) is 1.96. The average molecular weight is 346 g/mol. The molecular weight excluding hydrogens is 324 g/mol. The van der Waals surface area contributed by atoms with Gasteiger partial charge >= 0.3 is 0 Å². The molecule has 26 heavy (non-hydrogen) atoms. The highest BCUT2D eigenvalue weighted by Gasteiger charge is 2.11. The van der Waals surface area contributed by atoms with Crippen molar-refractivity contribution >= 4 is 16.7 Å². The first-order valence-corrected chi connectivity index (χ1v) is 8.80. The van der Waals surface area contributed by atoms with Crippen LogP contribution in [0.15, 0.2) is 60.8 Å². The summed E-state index contributed by atoms with van der Waals surface area (Å²) in [4.78, 5) is 3.24. The van der Waals surface area contributed by atoms with Crippen LogP contribution in [0.25, 0.3) is 22.2 Å². The predicted molar refractivity (Wildman–Crippen MR) is 105 cm³/mol. The van der Waals surface area contributed by atoms with Crippen LogP contribution in [0.1, 0.15) is 11.1 Å². The summed E-state index contributed by atoms with van der Waals surface area (Å²) < 4.78 is 1.83. The molecule has 0 saturated carbocycles. The molecule has 0 bridgehead atoms. The monoisotopic (exact) mass is 346 g/mol. The second-order valence-electron chi connectivity index (χ2n) is 6.39. The fourth-order valence-corrected chi connectivity index (χ4v) is 3.31. The van der Waals surface area contributed by atoms with Gasteiger partial charge in [-0.1, -0.05) is 36.4 Å². The van der Waals surface area contributed by atoms with Crippen LogP contribution >= 0.6 is 0 Å². The van der Waals surface area contributed by atoms with Crippen LogP contribution in [0, 0.1) is 6.92 Å². The van der Waals surface area contributed by atoms with Crippen molar-refractivity contribution in [1.82, 2.24) is 14.8 Å². The largest absolute Gasteiger partial charge is 0.394 e. The summed E-state index contributed by atoms with van der Waals surface area (Å²) in [7, 11) is 0. The summed E-state index contributed by atoms with van der Waals surface area (Å²) in [5.74, 6) is 0.907. The lowest BCUT2D eigenvalue weighted by Gasteiger charge is -2.09. The number of hydrogen-bond acceptors (Lipinski definition) is 3. The number of aliphatic hydroxyl groups excluding tert-OH is 1. The van der Waals surface area contributed by atoms with Crippen molar-refractivity contribution in [3.8, 4) is 11.3 Å². The number of aryl methyl sites for hydroxylation is 1. The zero-order chi connectivity index (χ0) is 17.9. The Hall–Kier alpha value is -3.05. The Balaban J connectivity index is 1.63. The highest BCUT2D eigenvalue weighted by atomic mass is 16.3. The molecule has 0 aliphatic rings. The van der Waals surface area contributed by atoms with Gasteiger partial charge in [-0.15, -0.1) is 0 Å². The molecule has 2 aromatic heterocycles. The summed E-state index contributed by atoms with van der Waals surface area (Å²) in [5, 5.41) is 18.8. The molecule has 132 valence electrons. The minimum atomic E-state index is 0.0525. The molecular formula is C21H22N4O.